The second kappa shape index (κ2) is 7.37. The minimum absolute atomic E-state index is 0.196. The number of halogens is 9. The normalized spacial score (nSPS) is 12.4. The van der Waals surface area contributed by atoms with Crippen LogP contribution in [0.2, 0.25) is 0 Å². The van der Waals surface area contributed by atoms with E-state index < -0.39 is 29.1 Å². The maximum atomic E-state index is 14.8. The highest BCUT2D eigenvalue weighted by atomic mass is 79.9. The van der Waals surface area contributed by atoms with E-state index >= 15 is 0 Å². The van der Waals surface area contributed by atoms with Crippen molar-refractivity contribution in [2.45, 2.75) is 18.0 Å². The van der Waals surface area contributed by atoms with Gasteiger partial charge in [-0.05, 0) is 35.9 Å². The molecule has 0 aromatic heterocycles. The molecule has 0 atom stereocenters. The van der Waals surface area contributed by atoms with Gasteiger partial charge in [-0.25, -0.2) is 4.39 Å². The molecule has 2 rings (SSSR count). The summed E-state index contributed by atoms with van der Waals surface area (Å²) in [6.07, 6.45) is -12.7. The number of nitriles is 2. The Labute approximate surface area is 170 Å². The van der Waals surface area contributed by atoms with Gasteiger partial charge in [-0.1, -0.05) is 31.9 Å². The van der Waals surface area contributed by atoms with Crippen molar-refractivity contribution in [2.24, 2.45) is 0 Å². The van der Waals surface area contributed by atoms with Gasteiger partial charge in [0.15, 0.2) is 0 Å². The SMILES string of the molecule is N#Cc1cc(C#N)cc(-c2c(Br)cc(Br)cc2C(F)(C(F)(F)F)C(F)(F)F)c1. The molecule has 28 heavy (non-hydrogen) atoms. The number of nitrogens with zero attached hydrogens (tertiary/aromatic N) is 2. The second-order valence-electron chi connectivity index (χ2n) is 5.49. The highest BCUT2D eigenvalue weighted by molar-refractivity contribution is 9.11. The first kappa shape index (κ1) is 22.2. The molecule has 0 fully saturated rings. The fourth-order valence-electron chi connectivity index (χ4n) is 2.51. The van der Waals surface area contributed by atoms with Gasteiger partial charge >= 0.3 is 18.0 Å². The lowest BCUT2D eigenvalue weighted by Gasteiger charge is -2.32. The van der Waals surface area contributed by atoms with E-state index in [2.05, 4.69) is 31.9 Å². The summed E-state index contributed by atoms with van der Waals surface area (Å²) in [7, 11) is 0. The molecule has 0 amide bonds. The standard InChI is InChI=1S/C17H5Br2F7N2/c18-11-4-12(15(20,16(21,22)23)17(24,25)26)14(13(19)5-11)10-2-8(6-27)1-9(3-10)7-28/h1-5H. The molecule has 0 aliphatic carbocycles. The van der Waals surface area contributed by atoms with Gasteiger partial charge in [0.25, 0.3) is 0 Å². The maximum absolute atomic E-state index is 14.8. The Morgan fingerprint density at radius 2 is 1.18 bits per heavy atom. The quantitative estimate of drug-likeness (QED) is 0.397. The first-order chi connectivity index (χ1) is 12.8. The van der Waals surface area contributed by atoms with Crippen LogP contribution in [0.15, 0.2) is 39.3 Å². The van der Waals surface area contributed by atoms with Crippen molar-refractivity contribution >= 4 is 31.9 Å². The molecule has 2 aromatic carbocycles. The summed E-state index contributed by atoms with van der Waals surface area (Å²) >= 11 is 5.62. The zero-order valence-electron chi connectivity index (χ0n) is 13.2. The molecule has 0 saturated carbocycles. The summed E-state index contributed by atoms with van der Waals surface area (Å²) in [5.41, 5.74) is -8.96. The highest BCUT2D eigenvalue weighted by Gasteiger charge is 2.74. The molecule has 0 aliphatic heterocycles. The van der Waals surface area contributed by atoms with Gasteiger partial charge in [0, 0.05) is 20.1 Å². The Hall–Kier alpha value is -2.11. The number of rotatable bonds is 2. The van der Waals surface area contributed by atoms with Gasteiger partial charge in [-0.2, -0.15) is 36.9 Å². The maximum Gasteiger partial charge on any atom is 0.435 e. The third-order valence-electron chi connectivity index (χ3n) is 3.69. The molecule has 2 nitrogen and oxygen atoms in total. The molecule has 0 saturated heterocycles. The van der Waals surface area contributed by atoms with E-state index in [9.17, 15) is 30.7 Å². The van der Waals surface area contributed by atoms with Crippen LogP contribution < -0.4 is 0 Å². The van der Waals surface area contributed by atoms with Crippen LogP contribution in [0.5, 0.6) is 0 Å². The van der Waals surface area contributed by atoms with E-state index in [4.69, 9.17) is 10.5 Å². The Kier molecular flexibility index (Phi) is 5.84. The lowest BCUT2D eigenvalue weighted by molar-refractivity contribution is -0.348. The van der Waals surface area contributed by atoms with E-state index in [1.54, 1.807) is 12.1 Å². The summed E-state index contributed by atoms with van der Waals surface area (Å²) < 4.78 is 94.1. The van der Waals surface area contributed by atoms with Crippen LogP contribution in [0, 0.1) is 22.7 Å². The zero-order chi connectivity index (χ0) is 21.5. The molecule has 0 heterocycles. The monoisotopic (exact) mass is 528 g/mol. The van der Waals surface area contributed by atoms with Gasteiger partial charge in [0.05, 0.1) is 23.3 Å². The zero-order valence-corrected chi connectivity index (χ0v) is 16.4. The molecule has 0 radical (unpaired) electrons. The van der Waals surface area contributed by atoms with E-state index in [1.165, 1.54) is 0 Å². The summed E-state index contributed by atoms with van der Waals surface area (Å²) in [5.74, 6) is 0. The van der Waals surface area contributed by atoms with Crippen molar-refractivity contribution in [1.29, 1.82) is 10.5 Å². The molecule has 0 spiro atoms. The third-order valence-corrected chi connectivity index (χ3v) is 4.77. The average Bonchev–Trinajstić information content (AvgIpc) is 2.57. The van der Waals surface area contributed by atoms with E-state index in [0.717, 1.165) is 24.3 Å². The third kappa shape index (κ3) is 3.74. The first-order valence-corrected chi connectivity index (χ1v) is 8.62. The summed E-state index contributed by atoms with van der Waals surface area (Å²) in [6, 6.07) is 7.80. The van der Waals surface area contributed by atoms with Gasteiger partial charge < -0.3 is 0 Å². The van der Waals surface area contributed by atoms with E-state index in [-0.39, 0.29) is 25.6 Å². The number of hydrogen-bond donors (Lipinski definition) is 0. The summed E-state index contributed by atoms with van der Waals surface area (Å²) in [6.45, 7) is 0. The Balaban J connectivity index is 3.02. The average molecular weight is 530 g/mol. The summed E-state index contributed by atoms with van der Waals surface area (Å²) in [4.78, 5) is 0. The number of alkyl halides is 7. The van der Waals surface area contributed by atoms with Crippen molar-refractivity contribution < 1.29 is 30.7 Å². The first-order valence-electron chi connectivity index (χ1n) is 7.03. The molecular weight excluding hydrogens is 525 g/mol. The van der Waals surface area contributed by atoms with Gasteiger partial charge in [-0.3, -0.25) is 0 Å². The predicted octanol–water partition coefficient (Wildman–Crippen LogP) is 6.91. The van der Waals surface area contributed by atoms with Crippen LogP contribution >= 0.6 is 31.9 Å². The van der Waals surface area contributed by atoms with Crippen LogP contribution in [-0.4, -0.2) is 12.4 Å². The lowest BCUT2D eigenvalue weighted by atomic mass is 9.86. The van der Waals surface area contributed by atoms with Crippen LogP contribution in [-0.2, 0) is 5.67 Å². The van der Waals surface area contributed by atoms with Crippen molar-refractivity contribution in [3.63, 3.8) is 0 Å². The molecule has 2 aromatic rings. The lowest BCUT2D eigenvalue weighted by Crippen LogP contribution is -2.50. The Morgan fingerprint density at radius 3 is 1.57 bits per heavy atom. The molecule has 11 heteroatoms. The van der Waals surface area contributed by atoms with Gasteiger partial charge in [0.2, 0.25) is 0 Å². The predicted molar refractivity (Wildman–Crippen MR) is 91.6 cm³/mol. The van der Waals surface area contributed by atoms with Crippen LogP contribution in [0.25, 0.3) is 11.1 Å². The smallest absolute Gasteiger partial charge is 0.218 e. The highest BCUT2D eigenvalue weighted by Crippen LogP contribution is 2.56. The molecule has 0 bridgehead atoms. The molecule has 0 aliphatic rings. The Morgan fingerprint density at radius 1 is 0.714 bits per heavy atom. The van der Waals surface area contributed by atoms with Gasteiger partial charge in [-0.15, -0.1) is 0 Å². The number of hydrogen-bond acceptors (Lipinski definition) is 2. The molecule has 0 unspecified atom stereocenters. The number of benzene rings is 2. The minimum atomic E-state index is -6.33. The van der Waals surface area contributed by atoms with E-state index in [1.807, 2.05) is 0 Å². The second-order valence-corrected chi connectivity index (χ2v) is 7.26. The van der Waals surface area contributed by atoms with Crippen molar-refractivity contribution in [3.05, 3.63) is 56.0 Å². The fraction of sp³-hybridized carbons (Fsp3) is 0.176. The van der Waals surface area contributed by atoms with Crippen LogP contribution in [0.4, 0.5) is 30.7 Å². The van der Waals surface area contributed by atoms with Crippen LogP contribution in [0.3, 0.4) is 0 Å². The summed E-state index contributed by atoms with van der Waals surface area (Å²) in [5, 5.41) is 18.0. The topological polar surface area (TPSA) is 47.6 Å². The Bertz CT molecular complexity index is 968. The van der Waals surface area contributed by atoms with Gasteiger partial charge in [0.1, 0.15) is 0 Å². The molecule has 146 valence electrons. The van der Waals surface area contributed by atoms with Crippen LogP contribution in [0.1, 0.15) is 16.7 Å². The fourth-order valence-corrected chi connectivity index (χ4v) is 3.96. The largest absolute Gasteiger partial charge is 0.435 e. The molecular formula is C17H5Br2F7N2. The van der Waals surface area contributed by atoms with Crippen molar-refractivity contribution in [2.75, 3.05) is 0 Å². The minimum Gasteiger partial charge on any atom is -0.218 e. The van der Waals surface area contributed by atoms with E-state index in [0.29, 0.717) is 6.07 Å². The van der Waals surface area contributed by atoms with Crippen molar-refractivity contribution in [3.8, 4) is 23.3 Å². The molecule has 0 N–H and O–H groups in total. The van der Waals surface area contributed by atoms with Crippen molar-refractivity contribution in [1.82, 2.24) is 0 Å².